The summed E-state index contributed by atoms with van der Waals surface area (Å²) in [6.07, 6.45) is 5.08. The van der Waals surface area contributed by atoms with Gasteiger partial charge >= 0.3 is 0 Å². The normalized spacial score (nSPS) is 26.9. The first kappa shape index (κ1) is 13.3. The van der Waals surface area contributed by atoms with Gasteiger partial charge in [0.15, 0.2) is 5.96 Å². The van der Waals surface area contributed by atoms with E-state index in [0.29, 0.717) is 5.96 Å². The minimum Gasteiger partial charge on any atom is -0.488 e. The van der Waals surface area contributed by atoms with Gasteiger partial charge in [-0.15, -0.1) is 0 Å². The molecule has 2 aliphatic rings. The van der Waals surface area contributed by atoms with E-state index in [4.69, 9.17) is 15.5 Å². The highest BCUT2D eigenvalue weighted by Crippen LogP contribution is 2.38. The van der Waals surface area contributed by atoms with Crippen molar-refractivity contribution >= 4 is 5.96 Å². The minimum atomic E-state index is 0.0226. The highest BCUT2D eigenvalue weighted by Gasteiger charge is 2.31. The number of ether oxygens (including phenoxy) is 1. The van der Waals surface area contributed by atoms with Crippen LogP contribution in [0.4, 0.5) is 0 Å². The Morgan fingerprint density at radius 2 is 1.90 bits per heavy atom. The first-order valence-corrected chi connectivity index (χ1v) is 7.59. The van der Waals surface area contributed by atoms with E-state index in [2.05, 4.69) is 17.9 Å². The quantitative estimate of drug-likeness (QED) is 0.632. The minimum absolute atomic E-state index is 0.0226. The van der Waals surface area contributed by atoms with E-state index in [1.54, 1.807) is 0 Å². The predicted octanol–water partition coefficient (Wildman–Crippen LogP) is 2.70. The van der Waals surface area contributed by atoms with Crippen LogP contribution in [0.1, 0.15) is 44.2 Å². The molecule has 1 aromatic carbocycles. The van der Waals surface area contributed by atoms with Gasteiger partial charge in [-0.2, -0.15) is 0 Å². The summed E-state index contributed by atoms with van der Waals surface area (Å²) >= 11 is 0. The number of fused-ring (bicyclic) bond motifs is 1. The maximum absolute atomic E-state index is 6.24. The van der Waals surface area contributed by atoms with Gasteiger partial charge in [-0.1, -0.05) is 31.0 Å². The number of nitrogens with two attached hydrogens (primary N) is 1. The summed E-state index contributed by atoms with van der Waals surface area (Å²) in [6, 6.07) is 8.14. The van der Waals surface area contributed by atoms with E-state index >= 15 is 0 Å². The van der Waals surface area contributed by atoms with Crippen molar-refractivity contribution in [3.63, 3.8) is 0 Å². The van der Waals surface area contributed by atoms with Gasteiger partial charge in [0.1, 0.15) is 17.9 Å². The molecule has 2 N–H and O–H groups in total. The first-order chi connectivity index (χ1) is 9.75. The molecule has 1 saturated heterocycles. The van der Waals surface area contributed by atoms with Crippen molar-refractivity contribution in [2.75, 3.05) is 13.1 Å². The predicted molar refractivity (Wildman–Crippen MR) is 80.9 cm³/mol. The van der Waals surface area contributed by atoms with Crippen LogP contribution < -0.4 is 10.5 Å². The summed E-state index contributed by atoms with van der Waals surface area (Å²) in [5.41, 5.74) is 7.39. The van der Waals surface area contributed by atoms with Gasteiger partial charge in [0.2, 0.25) is 0 Å². The molecule has 4 heteroatoms. The molecule has 2 atom stereocenters. The number of nitrogens with zero attached hydrogens (tertiary/aromatic N) is 2. The van der Waals surface area contributed by atoms with Crippen LogP contribution in [0.2, 0.25) is 0 Å². The second kappa shape index (κ2) is 5.73. The summed E-state index contributed by atoms with van der Waals surface area (Å²) in [7, 11) is 0. The van der Waals surface area contributed by atoms with Gasteiger partial charge in [-0.3, -0.25) is 0 Å². The van der Waals surface area contributed by atoms with Crippen molar-refractivity contribution in [1.29, 1.82) is 0 Å². The van der Waals surface area contributed by atoms with E-state index in [0.717, 1.165) is 24.4 Å². The van der Waals surface area contributed by atoms with Crippen molar-refractivity contribution in [3.8, 4) is 5.75 Å². The molecule has 0 bridgehead atoms. The molecule has 2 heterocycles. The van der Waals surface area contributed by atoms with E-state index in [9.17, 15) is 0 Å². The summed E-state index contributed by atoms with van der Waals surface area (Å²) in [4.78, 5) is 6.98. The maximum Gasteiger partial charge on any atom is 0.192 e. The standard InChI is InChI=1S/C16H23N3O/c1-12-15(13-8-4-5-9-14(13)20-12)18-16(17)19-10-6-2-3-7-11-19/h4-5,8-9,12,15H,2-3,6-7,10-11H2,1H3,(H2,17,18). The van der Waals surface area contributed by atoms with Crippen molar-refractivity contribution in [2.24, 2.45) is 10.7 Å². The van der Waals surface area contributed by atoms with Gasteiger partial charge in [-0.05, 0) is 25.8 Å². The molecule has 3 rings (SSSR count). The van der Waals surface area contributed by atoms with Gasteiger partial charge < -0.3 is 15.4 Å². The average Bonchev–Trinajstić information content (AvgIpc) is 2.66. The van der Waals surface area contributed by atoms with Crippen LogP contribution in [0.3, 0.4) is 0 Å². The van der Waals surface area contributed by atoms with E-state index < -0.39 is 0 Å². The number of rotatable bonds is 1. The Labute approximate surface area is 120 Å². The average molecular weight is 273 g/mol. The fraction of sp³-hybridized carbons (Fsp3) is 0.562. The summed E-state index contributed by atoms with van der Waals surface area (Å²) in [5, 5.41) is 0. The molecule has 2 unspecified atom stereocenters. The van der Waals surface area contributed by atoms with Gasteiger partial charge in [-0.25, -0.2) is 4.99 Å². The molecular weight excluding hydrogens is 250 g/mol. The third-order valence-electron chi connectivity index (χ3n) is 4.20. The number of benzene rings is 1. The van der Waals surface area contributed by atoms with E-state index in [-0.39, 0.29) is 12.1 Å². The largest absolute Gasteiger partial charge is 0.488 e. The summed E-state index contributed by atoms with van der Waals surface area (Å²) in [5.74, 6) is 1.61. The smallest absolute Gasteiger partial charge is 0.192 e. The lowest BCUT2D eigenvalue weighted by Gasteiger charge is -2.22. The molecule has 1 fully saturated rings. The molecule has 0 spiro atoms. The Hall–Kier alpha value is -1.71. The molecule has 0 radical (unpaired) electrons. The molecule has 0 amide bonds. The van der Waals surface area contributed by atoms with Crippen LogP contribution in [-0.2, 0) is 0 Å². The van der Waals surface area contributed by atoms with Gasteiger partial charge in [0, 0.05) is 18.7 Å². The number of guanidine groups is 1. The van der Waals surface area contributed by atoms with Crippen molar-refractivity contribution in [2.45, 2.75) is 44.8 Å². The van der Waals surface area contributed by atoms with E-state index in [1.165, 1.54) is 25.7 Å². The zero-order chi connectivity index (χ0) is 13.9. The van der Waals surface area contributed by atoms with E-state index in [1.807, 2.05) is 18.2 Å². The third kappa shape index (κ3) is 2.60. The van der Waals surface area contributed by atoms with Crippen LogP contribution in [-0.4, -0.2) is 30.1 Å². The van der Waals surface area contributed by atoms with Crippen LogP contribution in [0.25, 0.3) is 0 Å². The fourth-order valence-electron chi connectivity index (χ4n) is 3.05. The summed E-state index contributed by atoms with van der Waals surface area (Å²) in [6.45, 7) is 4.11. The number of para-hydroxylation sites is 1. The number of aliphatic imine (C=N–C) groups is 1. The Kier molecular flexibility index (Phi) is 3.81. The molecule has 2 aliphatic heterocycles. The van der Waals surface area contributed by atoms with Crippen molar-refractivity contribution in [1.82, 2.24) is 4.90 Å². The monoisotopic (exact) mass is 273 g/mol. The fourth-order valence-corrected chi connectivity index (χ4v) is 3.05. The second-order valence-electron chi connectivity index (χ2n) is 5.69. The number of hydrogen-bond acceptors (Lipinski definition) is 2. The second-order valence-corrected chi connectivity index (χ2v) is 5.69. The number of likely N-dealkylation sites (tertiary alicyclic amines) is 1. The lowest BCUT2D eigenvalue weighted by atomic mass is 10.1. The molecule has 20 heavy (non-hydrogen) atoms. The Morgan fingerprint density at radius 1 is 1.20 bits per heavy atom. The molecule has 0 aliphatic carbocycles. The topological polar surface area (TPSA) is 50.9 Å². The zero-order valence-electron chi connectivity index (χ0n) is 12.1. The first-order valence-electron chi connectivity index (χ1n) is 7.59. The Morgan fingerprint density at radius 3 is 2.65 bits per heavy atom. The van der Waals surface area contributed by atoms with Crippen LogP contribution in [0, 0.1) is 0 Å². The van der Waals surface area contributed by atoms with Crippen molar-refractivity contribution in [3.05, 3.63) is 29.8 Å². The van der Waals surface area contributed by atoms with Crippen LogP contribution >= 0.6 is 0 Å². The highest BCUT2D eigenvalue weighted by molar-refractivity contribution is 5.78. The molecule has 0 aromatic heterocycles. The molecule has 108 valence electrons. The molecule has 0 saturated carbocycles. The van der Waals surface area contributed by atoms with Gasteiger partial charge in [0.25, 0.3) is 0 Å². The Bertz CT molecular complexity index is 492. The molecule has 4 nitrogen and oxygen atoms in total. The lowest BCUT2D eigenvalue weighted by Crippen LogP contribution is -2.38. The van der Waals surface area contributed by atoms with Gasteiger partial charge in [0.05, 0.1) is 0 Å². The Balaban J connectivity index is 1.80. The van der Waals surface area contributed by atoms with Crippen molar-refractivity contribution < 1.29 is 4.74 Å². The number of hydrogen-bond donors (Lipinski definition) is 1. The highest BCUT2D eigenvalue weighted by atomic mass is 16.5. The van der Waals surface area contributed by atoms with Crippen LogP contribution in [0.5, 0.6) is 5.75 Å². The van der Waals surface area contributed by atoms with Crippen LogP contribution in [0.15, 0.2) is 29.3 Å². The third-order valence-corrected chi connectivity index (χ3v) is 4.20. The molecule has 1 aromatic rings. The maximum atomic E-state index is 6.24. The molecular formula is C16H23N3O. The SMILES string of the molecule is CC1Oc2ccccc2C1N=C(N)N1CCCCCC1. The zero-order valence-corrected chi connectivity index (χ0v) is 12.1. The summed E-state index contributed by atoms with van der Waals surface area (Å²) < 4.78 is 5.85. The lowest BCUT2D eigenvalue weighted by molar-refractivity contribution is 0.228.